The van der Waals surface area contributed by atoms with Gasteiger partial charge in [-0.05, 0) is 48.7 Å². The molecule has 0 N–H and O–H groups in total. The fraction of sp³-hybridized carbons (Fsp3) is 0.348. The van der Waals surface area contributed by atoms with E-state index in [1.165, 1.54) is 4.90 Å². The molecule has 2 bridgehead atoms. The minimum atomic E-state index is -0.292. The van der Waals surface area contributed by atoms with Crippen LogP contribution >= 0.6 is 0 Å². The van der Waals surface area contributed by atoms with Gasteiger partial charge in [0.2, 0.25) is 11.8 Å². The van der Waals surface area contributed by atoms with Crippen molar-refractivity contribution in [1.29, 1.82) is 0 Å². The van der Waals surface area contributed by atoms with Crippen LogP contribution in [0.15, 0.2) is 59.8 Å². The molecule has 6 heteroatoms. The molecule has 2 aromatic rings. The zero-order valence-corrected chi connectivity index (χ0v) is 15.9. The summed E-state index contributed by atoms with van der Waals surface area (Å²) in [7, 11) is 1.64. The predicted octanol–water partition coefficient (Wildman–Crippen LogP) is 2.87. The Morgan fingerprint density at radius 1 is 0.931 bits per heavy atom. The van der Waals surface area contributed by atoms with Gasteiger partial charge < -0.3 is 9.57 Å². The number of ether oxygens (including phenoxy) is 1. The van der Waals surface area contributed by atoms with Crippen molar-refractivity contribution in [3.63, 3.8) is 0 Å². The molecule has 146 valence electrons. The first-order valence-corrected chi connectivity index (χ1v) is 10.00. The number of benzene rings is 2. The predicted molar refractivity (Wildman–Crippen MR) is 105 cm³/mol. The number of hydrogen-bond donors (Lipinski definition) is 0. The number of anilines is 1. The highest BCUT2D eigenvalue weighted by Gasteiger charge is 2.70. The van der Waals surface area contributed by atoms with Crippen LogP contribution in [0, 0.1) is 29.6 Å². The molecule has 6 nitrogen and oxygen atoms in total. The van der Waals surface area contributed by atoms with Gasteiger partial charge >= 0.3 is 0 Å². The van der Waals surface area contributed by atoms with Gasteiger partial charge in [-0.1, -0.05) is 23.4 Å². The molecule has 0 unspecified atom stereocenters. The lowest BCUT2D eigenvalue weighted by Crippen LogP contribution is -2.41. The molecule has 2 amide bonds. The van der Waals surface area contributed by atoms with Crippen molar-refractivity contribution in [2.75, 3.05) is 12.0 Å². The summed E-state index contributed by atoms with van der Waals surface area (Å²) in [5.74, 6) is 0.244. The highest BCUT2D eigenvalue weighted by atomic mass is 16.6. The number of rotatable bonds is 3. The highest BCUT2D eigenvalue weighted by molar-refractivity contribution is 6.23. The standard InChI is InChI=1S/C23H20N2O4/c1-28-14-9-7-12(8-10-14)20-19-15-11-16(21(19)29-24-20)18-17(15)22(26)25(23(18)27)13-5-3-2-4-6-13/h2-10,15-19,21H,11H2,1H3/t15-,16-,17-,18-,19-,21-/m1/s1. The van der Waals surface area contributed by atoms with Crippen molar-refractivity contribution in [1.82, 2.24) is 0 Å². The van der Waals surface area contributed by atoms with Crippen LogP contribution in [0.4, 0.5) is 5.69 Å². The van der Waals surface area contributed by atoms with Gasteiger partial charge in [0.05, 0.1) is 30.3 Å². The Kier molecular flexibility index (Phi) is 3.43. The summed E-state index contributed by atoms with van der Waals surface area (Å²) in [6.07, 6.45) is 0.728. The number of nitrogens with zero attached hydrogens (tertiary/aromatic N) is 2. The molecular weight excluding hydrogens is 368 g/mol. The number of oxime groups is 1. The van der Waals surface area contributed by atoms with E-state index in [0.29, 0.717) is 5.69 Å². The minimum Gasteiger partial charge on any atom is -0.497 e. The van der Waals surface area contributed by atoms with Gasteiger partial charge in [0, 0.05) is 17.4 Å². The van der Waals surface area contributed by atoms with Crippen molar-refractivity contribution < 1.29 is 19.2 Å². The molecule has 6 atom stereocenters. The number of imide groups is 1. The average molecular weight is 388 g/mol. The maximum absolute atomic E-state index is 13.3. The molecule has 0 radical (unpaired) electrons. The van der Waals surface area contributed by atoms with Gasteiger partial charge in [-0.2, -0.15) is 0 Å². The number of hydrogen-bond acceptors (Lipinski definition) is 5. The van der Waals surface area contributed by atoms with Gasteiger partial charge in [0.25, 0.3) is 0 Å². The molecule has 2 saturated carbocycles. The number of para-hydroxylation sites is 1. The van der Waals surface area contributed by atoms with Gasteiger partial charge in [-0.25, -0.2) is 0 Å². The van der Waals surface area contributed by atoms with E-state index in [4.69, 9.17) is 9.57 Å². The first-order valence-electron chi connectivity index (χ1n) is 10.00. The van der Waals surface area contributed by atoms with Crippen LogP contribution in [0.3, 0.4) is 0 Å². The lowest BCUT2D eigenvalue weighted by Gasteiger charge is -2.29. The van der Waals surface area contributed by atoms with Gasteiger partial charge in [0.1, 0.15) is 11.9 Å². The summed E-state index contributed by atoms with van der Waals surface area (Å²) < 4.78 is 5.25. The first-order chi connectivity index (χ1) is 14.2. The zero-order chi connectivity index (χ0) is 19.7. The summed E-state index contributed by atoms with van der Waals surface area (Å²) in [4.78, 5) is 33.7. The molecule has 1 saturated heterocycles. The van der Waals surface area contributed by atoms with Crippen LogP contribution in [0.1, 0.15) is 12.0 Å². The van der Waals surface area contributed by atoms with E-state index in [-0.39, 0.29) is 47.5 Å². The second-order valence-electron chi connectivity index (χ2n) is 8.26. The van der Waals surface area contributed by atoms with Gasteiger partial charge in [0.15, 0.2) is 0 Å². The summed E-state index contributed by atoms with van der Waals surface area (Å²) in [5, 5.41) is 4.38. The summed E-state index contributed by atoms with van der Waals surface area (Å²) in [6.45, 7) is 0. The molecule has 29 heavy (non-hydrogen) atoms. The van der Waals surface area contributed by atoms with Gasteiger partial charge in [-0.15, -0.1) is 0 Å². The normalized spacial score (nSPS) is 34.1. The van der Waals surface area contributed by atoms with Crippen LogP contribution < -0.4 is 9.64 Å². The Labute approximate surface area is 168 Å². The fourth-order valence-electron chi connectivity index (χ4n) is 5.96. The maximum atomic E-state index is 13.3. The molecule has 2 aromatic carbocycles. The van der Waals surface area contributed by atoms with Crippen LogP contribution in [-0.2, 0) is 14.4 Å². The minimum absolute atomic E-state index is 0.0414. The molecule has 4 aliphatic rings. The first kappa shape index (κ1) is 16.8. The Balaban J connectivity index is 1.34. The Bertz CT molecular complexity index is 1030. The monoisotopic (exact) mass is 388 g/mol. The number of fused-ring (bicyclic) bond motifs is 8. The third-order valence-electron chi connectivity index (χ3n) is 7.09. The second-order valence-corrected chi connectivity index (χ2v) is 8.26. The van der Waals surface area contributed by atoms with Crippen molar-refractivity contribution >= 4 is 23.2 Å². The van der Waals surface area contributed by atoms with E-state index in [0.717, 1.165) is 23.4 Å². The molecule has 6 rings (SSSR count). The van der Waals surface area contributed by atoms with E-state index in [2.05, 4.69) is 5.16 Å². The lowest BCUT2D eigenvalue weighted by molar-refractivity contribution is -0.125. The third kappa shape index (κ3) is 2.14. The smallest absolute Gasteiger partial charge is 0.238 e. The van der Waals surface area contributed by atoms with E-state index in [1.807, 2.05) is 54.6 Å². The number of carbonyl (C=O) groups is 2. The lowest BCUT2D eigenvalue weighted by atomic mass is 9.71. The molecule has 2 aliphatic heterocycles. The Morgan fingerprint density at radius 2 is 1.62 bits per heavy atom. The van der Waals surface area contributed by atoms with Gasteiger partial charge in [-0.3, -0.25) is 14.5 Å². The van der Waals surface area contributed by atoms with E-state index < -0.39 is 0 Å². The van der Waals surface area contributed by atoms with Crippen LogP contribution in [-0.4, -0.2) is 30.7 Å². The average Bonchev–Trinajstić information content (AvgIpc) is 3.49. The Hall–Kier alpha value is -3.15. The summed E-state index contributed by atoms with van der Waals surface area (Å²) >= 11 is 0. The van der Waals surface area contributed by atoms with Crippen molar-refractivity contribution in [2.45, 2.75) is 12.5 Å². The van der Waals surface area contributed by atoms with E-state index in [9.17, 15) is 9.59 Å². The van der Waals surface area contributed by atoms with E-state index in [1.54, 1.807) is 7.11 Å². The molecule has 3 fully saturated rings. The maximum Gasteiger partial charge on any atom is 0.238 e. The number of carbonyl (C=O) groups excluding carboxylic acids is 2. The topological polar surface area (TPSA) is 68.2 Å². The molecular formula is C23H20N2O4. The van der Waals surface area contributed by atoms with Crippen LogP contribution in [0.25, 0.3) is 0 Å². The molecule has 0 spiro atoms. The van der Waals surface area contributed by atoms with Crippen LogP contribution in [0.5, 0.6) is 5.75 Å². The molecule has 2 heterocycles. The third-order valence-corrected chi connectivity index (χ3v) is 7.09. The zero-order valence-electron chi connectivity index (χ0n) is 15.9. The van der Waals surface area contributed by atoms with E-state index >= 15 is 0 Å². The van der Waals surface area contributed by atoms with Crippen molar-refractivity contribution in [2.24, 2.45) is 34.7 Å². The summed E-state index contributed by atoms with van der Waals surface area (Å²) in [6, 6.07) is 17.0. The highest BCUT2D eigenvalue weighted by Crippen LogP contribution is 2.62. The number of methoxy groups -OCH3 is 1. The molecule has 0 aromatic heterocycles. The van der Waals surface area contributed by atoms with Crippen molar-refractivity contribution in [3.8, 4) is 5.75 Å². The molecule has 2 aliphatic carbocycles. The quantitative estimate of drug-likeness (QED) is 0.759. The summed E-state index contributed by atoms with van der Waals surface area (Å²) in [5.41, 5.74) is 2.53. The second kappa shape index (κ2) is 5.92. The van der Waals surface area contributed by atoms with Crippen LogP contribution in [0.2, 0.25) is 0 Å². The number of amides is 2. The SMILES string of the molecule is COc1ccc(C2=NO[C@@H]3[C@@H]4C[C@H]([C@H]5C(=O)N(c6ccccc6)C(=O)[C@H]45)[C@H]23)cc1. The fourth-order valence-corrected chi connectivity index (χ4v) is 5.96. The Morgan fingerprint density at radius 3 is 2.31 bits per heavy atom. The largest absolute Gasteiger partial charge is 0.497 e. The van der Waals surface area contributed by atoms with Crippen molar-refractivity contribution in [3.05, 3.63) is 60.2 Å².